The molecule has 1 atom stereocenters. The van der Waals surface area contributed by atoms with E-state index in [4.69, 9.17) is 5.73 Å². The van der Waals surface area contributed by atoms with E-state index in [9.17, 15) is 9.59 Å². The third-order valence-corrected chi connectivity index (χ3v) is 4.07. The second-order valence-corrected chi connectivity index (χ2v) is 6.57. The van der Waals surface area contributed by atoms with Gasteiger partial charge in [0.15, 0.2) is 0 Å². The molecule has 0 aromatic carbocycles. The predicted octanol–water partition coefficient (Wildman–Crippen LogP) is 4.24. The molecule has 0 rings (SSSR count). The summed E-state index contributed by atoms with van der Waals surface area (Å²) in [7, 11) is 0. The summed E-state index contributed by atoms with van der Waals surface area (Å²) in [5, 5.41) is 0. The van der Waals surface area contributed by atoms with Crippen LogP contribution in [0.25, 0.3) is 0 Å². The maximum absolute atomic E-state index is 11.4. The van der Waals surface area contributed by atoms with Crippen molar-refractivity contribution in [1.82, 2.24) is 0 Å². The van der Waals surface area contributed by atoms with Crippen LogP contribution in [0.2, 0.25) is 0 Å². The van der Waals surface area contributed by atoms with Gasteiger partial charge in [-0.3, -0.25) is 4.79 Å². The van der Waals surface area contributed by atoms with Crippen LogP contribution in [0.3, 0.4) is 0 Å². The van der Waals surface area contributed by atoms with Crippen LogP contribution in [-0.4, -0.2) is 47.5 Å². The molecule has 4 nitrogen and oxygen atoms in total. The second kappa shape index (κ2) is 19.4. The quantitative estimate of drug-likeness (QED) is 0.207. The molecular weight excluding hydrogens is 313 g/mol. The number of ether oxygens (including phenoxy) is 1. The molecule has 0 radical (unpaired) electrons. The van der Waals surface area contributed by atoms with Gasteiger partial charge >= 0.3 is 41.5 Å². The Balaban J connectivity index is 0. The van der Waals surface area contributed by atoms with Crippen molar-refractivity contribution in [2.24, 2.45) is 5.73 Å². The Hall–Kier alpha value is 0.1000. The molecule has 0 saturated carbocycles. The molecule has 0 spiro atoms. The fourth-order valence-electron chi connectivity index (χ4n) is 2.54. The summed E-state index contributed by atoms with van der Waals surface area (Å²) in [6, 6.07) is -0.731. The number of esters is 2. The monoisotopic (exact) mass is 351 g/mol. The van der Waals surface area contributed by atoms with Gasteiger partial charge in [-0.05, 0) is 13.3 Å². The van der Waals surface area contributed by atoms with Crippen LogP contribution in [0.5, 0.6) is 0 Å². The molecule has 0 unspecified atom stereocenters. The summed E-state index contributed by atoms with van der Waals surface area (Å²) in [5.41, 5.74) is 5.33. The third-order valence-electron chi connectivity index (χ3n) is 4.07. The van der Waals surface area contributed by atoms with E-state index in [1.54, 1.807) is 0 Å². The molecule has 0 aliphatic carbocycles. The molecule has 0 heterocycles. The topological polar surface area (TPSA) is 69.4 Å². The minimum atomic E-state index is -0.731. The summed E-state index contributed by atoms with van der Waals surface area (Å²) in [4.78, 5) is 22.5. The Bertz CT molecular complexity index is 309. The Morgan fingerprint density at radius 1 is 0.792 bits per heavy atom. The fourth-order valence-corrected chi connectivity index (χ4v) is 2.54. The molecule has 24 heavy (non-hydrogen) atoms. The van der Waals surface area contributed by atoms with Crippen molar-refractivity contribution in [2.45, 2.75) is 110 Å². The average molecular weight is 352 g/mol. The molecule has 138 valence electrons. The summed E-state index contributed by atoms with van der Waals surface area (Å²) in [6.07, 6.45) is 16.8. The predicted molar refractivity (Wildman–Crippen MR) is 102 cm³/mol. The molecule has 0 aromatic heterocycles. The van der Waals surface area contributed by atoms with E-state index in [0.29, 0.717) is 6.42 Å². The Morgan fingerprint density at radius 3 is 1.54 bits per heavy atom. The molecule has 0 aromatic rings. The van der Waals surface area contributed by atoms with Crippen molar-refractivity contribution in [3.8, 4) is 0 Å². The van der Waals surface area contributed by atoms with Gasteiger partial charge in [0.25, 0.3) is 0 Å². The average Bonchev–Trinajstić information content (AvgIpc) is 2.51. The van der Waals surface area contributed by atoms with Gasteiger partial charge in [-0.15, -0.1) is 0 Å². The van der Waals surface area contributed by atoms with Crippen molar-refractivity contribution in [3.63, 3.8) is 0 Å². The van der Waals surface area contributed by atoms with Gasteiger partial charge in [-0.25, -0.2) is 4.79 Å². The minimum absolute atomic E-state index is 0. The number of hydrogen-bond donors (Lipinski definition) is 1. The van der Waals surface area contributed by atoms with Gasteiger partial charge in [0.05, 0.1) is 0 Å². The first kappa shape index (κ1) is 26.3. The van der Waals surface area contributed by atoms with Gasteiger partial charge in [0, 0.05) is 6.42 Å². The third kappa shape index (κ3) is 18.4. The van der Waals surface area contributed by atoms with Crippen molar-refractivity contribution >= 4 is 41.5 Å². The molecule has 0 fully saturated rings. The van der Waals surface area contributed by atoms with Crippen molar-refractivity contribution in [2.75, 3.05) is 0 Å². The molecule has 2 N–H and O–H groups in total. The van der Waals surface area contributed by atoms with E-state index < -0.39 is 18.0 Å². The van der Waals surface area contributed by atoms with Gasteiger partial charge in [0.2, 0.25) is 0 Å². The number of carbonyl (C=O) groups excluding carboxylic acids is 2. The van der Waals surface area contributed by atoms with Crippen LogP contribution < -0.4 is 5.73 Å². The second-order valence-electron chi connectivity index (χ2n) is 6.57. The van der Waals surface area contributed by atoms with Crippen LogP contribution in [0, 0.1) is 0 Å². The van der Waals surface area contributed by atoms with Crippen molar-refractivity contribution in [1.29, 1.82) is 0 Å². The van der Waals surface area contributed by atoms with E-state index >= 15 is 0 Å². The van der Waals surface area contributed by atoms with Gasteiger partial charge in [-0.2, -0.15) is 0 Å². The Morgan fingerprint density at radius 2 is 1.17 bits per heavy atom. The van der Waals surface area contributed by atoms with Gasteiger partial charge in [0.1, 0.15) is 6.04 Å². The van der Waals surface area contributed by atoms with Crippen molar-refractivity contribution in [3.05, 3.63) is 0 Å². The first-order valence-electron chi connectivity index (χ1n) is 9.58. The zero-order chi connectivity index (χ0) is 17.3. The van der Waals surface area contributed by atoms with E-state index in [-0.39, 0.29) is 29.6 Å². The van der Waals surface area contributed by atoms with Crippen molar-refractivity contribution < 1.29 is 14.3 Å². The van der Waals surface area contributed by atoms with Crippen LogP contribution >= 0.6 is 0 Å². The zero-order valence-corrected chi connectivity index (χ0v) is 15.3. The van der Waals surface area contributed by atoms with Crippen LogP contribution in [0.1, 0.15) is 104 Å². The number of nitrogens with two attached hydrogens (primary N) is 1. The zero-order valence-electron chi connectivity index (χ0n) is 15.3. The van der Waals surface area contributed by atoms with Gasteiger partial charge < -0.3 is 10.5 Å². The van der Waals surface area contributed by atoms with Crippen LogP contribution in [0.15, 0.2) is 0 Å². The molecule has 0 aliphatic rings. The summed E-state index contributed by atoms with van der Waals surface area (Å²) < 4.78 is 4.62. The van der Waals surface area contributed by atoms with E-state index in [1.807, 2.05) is 0 Å². The number of unbranched alkanes of at least 4 members (excludes halogenated alkanes) is 12. The van der Waals surface area contributed by atoms with Gasteiger partial charge in [-0.1, -0.05) is 84.0 Å². The van der Waals surface area contributed by atoms with E-state index in [1.165, 1.54) is 71.1 Å². The molecule has 0 amide bonds. The number of hydrogen-bond acceptors (Lipinski definition) is 4. The van der Waals surface area contributed by atoms with Crippen LogP contribution in [0.4, 0.5) is 0 Å². The standard InChI is InChI=1S/C19H37NO3.Na.H/c1-3-4-5-6-7-8-9-10-11-12-13-14-15-16-18(21)23-19(22)17(2)20;;/h17H,3-16,20H2,1-2H3;;/t17-;;/m0../s1. The van der Waals surface area contributed by atoms with Crippen LogP contribution in [-0.2, 0) is 14.3 Å². The molecule has 0 aliphatic heterocycles. The summed E-state index contributed by atoms with van der Waals surface area (Å²) in [6.45, 7) is 3.77. The molecule has 5 heteroatoms. The number of rotatable bonds is 15. The summed E-state index contributed by atoms with van der Waals surface area (Å²) >= 11 is 0. The fraction of sp³-hybridized carbons (Fsp3) is 0.895. The maximum atomic E-state index is 11.4. The Kier molecular flexibility index (Phi) is 21.3. The summed E-state index contributed by atoms with van der Waals surface area (Å²) in [5.74, 6) is -1.08. The number of carbonyl (C=O) groups is 2. The first-order valence-corrected chi connectivity index (χ1v) is 9.58. The van der Waals surface area contributed by atoms with E-state index in [0.717, 1.165) is 19.3 Å². The Labute approximate surface area is 170 Å². The molecular formula is C19H38NNaO3. The first-order chi connectivity index (χ1) is 11.1. The SMILES string of the molecule is CCCCCCCCCCCCCCCC(=O)OC(=O)[C@H](C)N.[NaH]. The van der Waals surface area contributed by atoms with E-state index in [2.05, 4.69) is 11.7 Å². The molecule has 0 bridgehead atoms. The molecule has 0 saturated heterocycles. The normalized spacial score (nSPS) is 11.6.